The number of nitrogens with one attached hydrogen (secondary N) is 2. The molecule has 1 aliphatic carbocycles. The highest BCUT2D eigenvalue weighted by Gasteiger charge is 2.38. The lowest BCUT2D eigenvalue weighted by atomic mass is 9.81. The van der Waals surface area contributed by atoms with E-state index in [0.717, 1.165) is 11.4 Å². The number of phenolic OH excluding ortho intramolecular Hbond substituents is 2. The first-order valence-electron chi connectivity index (χ1n) is 10.00. The molecule has 0 heterocycles. The zero-order valence-electron chi connectivity index (χ0n) is 16.8. The summed E-state index contributed by atoms with van der Waals surface area (Å²) < 4.78 is 0. The van der Waals surface area contributed by atoms with Crippen LogP contribution in [0, 0.1) is 0 Å². The lowest BCUT2D eigenvalue weighted by molar-refractivity contribution is 0.0975. The summed E-state index contributed by atoms with van der Waals surface area (Å²) in [5.74, 6) is -1.79. The van der Waals surface area contributed by atoms with Crippen LogP contribution >= 0.6 is 0 Å². The van der Waals surface area contributed by atoms with Crippen LogP contribution in [0.3, 0.4) is 0 Å². The maximum Gasteiger partial charge on any atom is 0.200 e. The van der Waals surface area contributed by atoms with Gasteiger partial charge in [0.15, 0.2) is 0 Å². The molecule has 5 rings (SSSR count). The van der Waals surface area contributed by atoms with Crippen LogP contribution in [0.15, 0.2) is 84.9 Å². The summed E-state index contributed by atoms with van der Waals surface area (Å²) in [4.78, 5) is 27.1. The number of rotatable bonds is 4. The Morgan fingerprint density at radius 2 is 0.844 bits per heavy atom. The number of hydrogen-bond donors (Lipinski definition) is 4. The van der Waals surface area contributed by atoms with E-state index in [1.165, 1.54) is 12.1 Å². The summed E-state index contributed by atoms with van der Waals surface area (Å²) in [5, 5.41) is 27.1. The zero-order valence-corrected chi connectivity index (χ0v) is 16.8. The molecule has 0 atom stereocenters. The Labute approximate surface area is 183 Å². The van der Waals surface area contributed by atoms with Crippen LogP contribution in [0.4, 0.5) is 22.7 Å². The minimum atomic E-state index is -0.543. The SMILES string of the molecule is O=C1c2c(O)ccc(O)c2C(=O)c2c(Nc3ccccc3)ccc(Nc3ccccc3)c21. The van der Waals surface area contributed by atoms with Crippen LogP contribution in [-0.4, -0.2) is 21.8 Å². The Bertz CT molecular complexity index is 1260. The lowest BCUT2D eigenvalue weighted by Crippen LogP contribution is -2.24. The molecule has 0 radical (unpaired) electrons. The number of aromatic hydroxyl groups is 2. The second-order valence-corrected chi connectivity index (χ2v) is 7.40. The fraction of sp³-hybridized carbons (Fsp3) is 0. The van der Waals surface area contributed by atoms with Crippen molar-refractivity contribution in [2.45, 2.75) is 0 Å². The van der Waals surface area contributed by atoms with Gasteiger partial charge in [0.05, 0.1) is 33.6 Å². The highest BCUT2D eigenvalue weighted by Crippen LogP contribution is 2.43. The minimum absolute atomic E-state index is 0.133. The van der Waals surface area contributed by atoms with Crippen molar-refractivity contribution in [2.75, 3.05) is 10.6 Å². The maximum atomic E-state index is 13.6. The summed E-state index contributed by atoms with van der Waals surface area (Å²) in [7, 11) is 0. The van der Waals surface area contributed by atoms with Gasteiger partial charge < -0.3 is 20.8 Å². The molecule has 0 unspecified atom stereocenters. The van der Waals surface area contributed by atoms with E-state index in [9.17, 15) is 19.8 Å². The van der Waals surface area contributed by atoms with Crippen molar-refractivity contribution in [1.29, 1.82) is 0 Å². The van der Waals surface area contributed by atoms with Crippen molar-refractivity contribution in [2.24, 2.45) is 0 Å². The Morgan fingerprint density at radius 1 is 0.469 bits per heavy atom. The Balaban J connectivity index is 1.73. The van der Waals surface area contributed by atoms with Gasteiger partial charge in [-0.2, -0.15) is 0 Å². The number of anilines is 4. The molecule has 0 saturated carbocycles. The molecule has 156 valence electrons. The van der Waals surface area contributed by atoms with Gasteiger partial charge in [-0.1, -0.05) is 36.4 Å². The van der Waals surface area contributed by atoms with Crippen LogP contribution in [0.1, 0.15) is 31.8 Å². The molecule has 6 heteroatoms. The summed E-state index contributed by atoms with van der Waals surface area (Å²) in [5.41, 5.74) is 2.20. The number of benzene rings is 4. The number of ketones is 2. The van der Waals surface area contributed by atoms with Gasteiger partial charge in [0, 0.05) is 11.4 Å². The average molecular weight is 422 g/mol. The Kier molecular flexibility index (Phi) is 4.60. The van der Waals surface area contributed by atoms with Gasteiger partial charge in [0.2, 0.25) is 11.6 Å². The van der Waals surface area contributed by atoms with E-state index in [1.54, 1.807) is 12.1 Å². The number of hydrogen-bond acceptors (Lipinski definition) is 6. The van der Waals surface area contributed by atoms with E-state index >= 15 is 0 Å². The largest absolute Gasteiger partial charge is 0.507 e. The normalized spacial score (nSPS) is 12.1. The van der Waals surface area contributed by atoms with Crippen LogP contribution < -0.4 is 10.6 Å². The number of carbonyl (C=O) groups is 2. The topological polar surface area (TPSA) is 98.7 Å². The third-order valence-corrected chi connectivity index (χ3v) is 5.38. The molecular formula is C26H18N2O4. The molecule has 0 spiro atoms. The monoisotopic (exact) mass is 422 g/mol. The van der Waals surface area contributed by atoms with Crippen molar-refractivity contribution < 1.29 is 19.8 Å². The van der Waals surface area contributed by atoms with Crippen LogP contribution in [-0.2, 0) is 0 Å². The van der Waals surface area contributed by atoms with Crippen molar-refractivity contribution in [3.63, 3.8) is 0 Å². The van der Waals surface area contributed by atoms with Gasteiger partial charge in [-0.3, -0.25) is 9.59 Å². The second-order valence-electron chi connectivity index (χ2n) is 7.40. The molecule has 4 aromatic carbocycles. The molecule has 0 aliphatic heterocycles. The summed E-state index contributed by atoms with van der Waals surface area (Å²) in [6, 6.07) is 24.4. The van der Waals surface area contributed by atoms with Gasteiger partial charge in [0.1, 0.15) is 11.5 Å². The van der Waals surface area contributed by atoms with Crippen LogP contribution in [0.5, 0.6) is 11.5 Å². The summed E-state index contributed by atoms with van der Waals surface area (Å²) in [6.07, 6.45) is 0. The molecule has 0 saturated heterocycles. The number of phenols is 2. The first-order chi connectivity index (χ1) is 15.5. The number of carbonyl (C=O) groups excluding carboxylic acids is 2. The smallest absolute Gasteiger partial charge is 0.200 e. The van der Waals surface area contributed by atoms with Gasteiger partial charge in [0.25, 0.3) is 0 Å². The summed E-state index contributed by atoms with van der Waals surface area (Å²) >= 11 is 0. The zero-order chi connectivity index (χ0) is 22.2. The first kappa shape index (κ1) is 19.4. The lowest BCUT2D eigenvalue weighted by Gasteiger charge is -2.25. The molecule has 1 aliphatic rings. The first-order valence-corrected chi connectivity index (χ1v) is 10.00. The standard InChI is InChI=1S/C26H18N2O4/c29-19-13-14-20(30)24-23(19)25(31)21-17(27-15-7-3-1-4-8-15)11-12-18(22(21)26(24)32)28-16-9-5-2-6-10-16/h1-14,27-30H. The predicted octanol–water partition coefficient (Wildman–Crippen LogP) is 5.36. The predicted molar refractivity (Wildman–Crippen MR) is 123 cm³/mol. The summed E-state index contributed by atoms with van der Waals surface area (Å²) in [6.45, 7) is 0. The third kappa shape index (κ3) is 3.15. The average Bonchev–Trinajstić information content (AvgIpc) is 2.81. The van der Waals surface area contributed by atoms with E-state index in [1.807, 2.05) is 60.7 Å². The Hall–Kier alpha value is -4.58. The molecule has 0 bridgehead atoms. The fourth-order valence-corrected chi connectivity index (χ4v) is 3.93. The molecule has 4 aromatic rings. The fourth-order valence-electron chi connectivity index (χ4n) is 3.93. The van der Waals surface area contributed by atoms with Gasteiger partial charge in [-0.25, -0.2) is 0 Å². The number of fused-ring (bicyclic) bond motifs is 2. The van der Waals surface area contributed by atoms with Crippen molar-refractivity contribution in [1.82, 2.24) is 0 Å². The molecule has 32 heavy (non-hydrogen) atoms. The molecule has 0 aromatic heterocycles. The highest BCUT2D eigenvalue weighted by molar-refractivity contribution is 6.33. The Morgan fingerprint density at radius 3 is 1.22 bits per heavy atom. The molecule has 6 nitrogen and oxygen atoms in total. The van der Waals surface area contributed by atoms with Crippen molar-refractivity contribution in [3.05, 3.63) is 107 Å². The van der Waals surface area contributed by atoms with Gasteiger partial charge >= 0.3 is 0 Å². The van der Waals surface area contributed by atoms with Crippen molar-refractivity contribution in [3.8, 4) is 11.5 Å². The third-order valence-electron chi connectivity index (χ3n) is 5.38. The highest BCUT2D eigenvalue weighted by atomic mass is 16.3. The van der Waals surface area contributed by atoms with E-state index in [-0.39, 0.29) is 33.8 Å². The van der Waals surface area contributed by atoms with Crippen LogP contribution in [0.2, 0.25) is 0 Å². The van der Waals surface area contributed by atoms with Gasteiger partial charge in [-0.05, 0) is 48.5 Å². The van der Waals surface area contributed by atoms with Gasteiger partial charge in [-0.15, -0.1) is 0 Å². The van der Waals surface area contributed by atoms with E-state index in [2.05, 4.69) is 10.6 Å². The van der Waals surface area contributed by atoms with Crippen molar-refractivity contribution >= 4 is 34.3 Å². The van der Waals surface area contributed by atoms with E-state index in [0.29, 0.717) is 11.4 Å². The molecular weight excluding hydrogens is 404 g/mol. The van der Waals surface area contributed by atoms with E-state index < -0.39 is 11.6 Å². The van der Waals surface area contributed by atoms with Crippen LogP contribution in [0.25, 0.3) is 0 Å². The maximum absolute atomic E-state index is 13.6. The second kappa shape index (κ2) is 7.59. The molecule has 0 amide bonds. The molecule has 0 fully saturated rings. The minimum Gasteiger partial charge on any atom is -0.507 e. The quantitative estimate of drug-likeness (QED) is 0.291. The van der Waals surface area contributed by atoms with E-state index in [4.69, 9.17) is 0 Å². The molecule has 4 N–H and O–H groups in total. The number of para-hydroxylation sites is 2.